The zero-order valence-electron chi connectivity index (χ0n) is 6.24. The molecule has 0 amide bonds. The first-order valence-electron chi connectivity index (χ1n) is 3.40. The Balaban J connectivity index is 3.03. The van der Waals surface area contributed by atoms with Gasteiger partial charge in [-0.25, -0.2) is 0 Å². The topological polar surface area (TPSA) is 60.7 Å². The van der Waals surface area contributed by atoms with Gasteiger partial charge in [-0.05, 0) is 11.6 Å². The molecule has 0 bridgehead atoms. The standard InChI is InChI=1S/C7H8BClO3/c9-7-3-5(4-10)1-2-6(7)8(11)12/h1-3,10-12H,4H2. The average Bonchev–Trinajstić information content (AvgIpc) is 2.03. The Morgan fingerprint density at radius 3 is 2.42 bits per heavy atom. The van der Waals surface area contributed by atoms with Crippen LogP contribution >= 0.6 is 11.6 Å². The van der Waals surface area contributed by atoms with Crippen LogP contribution in [0.15, 0.2) is 18.2 Å². The second-order valence-corrected chi connectivity index (χ2v) is 2.79. The molecule has 0 unspecified atom stereocenters. The summed E-state index contributed by atoms with van der Waals surface area (Å²) in [5.74, 6) is 0. The lowest BCUT2D eigenvalue weighted by Crippen LogP contribution is -2.30. The molecule has 1 aromatic carbocycles. The fraction of sp³-hybridized carbons (Fsp3) is 0.143. The summed E-state index contributed by atoms with van der Waals surface area (Å²) >= 11 is 5.67. The molecule has 0 aliphatic heterocycles. The van der Waals surface area contributed by atoms with Crippen LogP contribution in [0, 0.1) is 0 Å². The van der Waals surface area contributed by atoms with E-state index < -0.39 is 7.12 Å². The van der Waals surface area contributed by atoms with Crippen LogP contribution < -0.4 is 5.46 Å². The summed E-state index contributed by atoms with van der Waals surface area (Å²) in [4.78, 5) is 0. The van der Waals surface area contributed by atoms with Gasteiger partial charge in [0, 0.05) is 10.5 Å². The third kappa shape index (κ3) is 1.98. The van der Waals surface area contributed by atoms with Gasteiger partial charge in [0.2, 0.25) is 0 Å². The zero-order valence-corrected chi connectivity index (χ0v) is 6.99. The molecule has 3 nitrogen and oxygen atoms in total. The summed E-state index contributed by atoms with van der Waals surface area (Å²) in [5, 5.41) is 26.5. The molecule has 0 aromatic heterocycles. The van der Waals surface area contributed by atoms with Crippen LogP contribution in [0.5, 0.6) is 0 Å². The Morgan fingerprint density at radius 2 is 2.00 bits per heavy atom. The number of hydrogen-bond donors (Lipinski definition) is 3. The van der Waals surface area contributed by atoms with Crippen LogP contribution in [-0.2, 0) is 6.61 Å². The summed E-state index contributed by atoms with van der Waals surface area (Å²) in [6.07, 6.45) is 0. The number of halogens is 1. The normalized spacial score (nSPS) is 10.0. The predicted octanol–water partition coefficient (Wildman–Crippen LogP) is -0.488. The van der Waals surface area contributed by atoms with Gasteiger partial charge in [-0.15, -0.1) is 0 Å². The maximum absolute atomic E-state index is 8.78. The van der Waals surface area contributed by atoms with E-state index in [4.69, 9.17) is 26.8 Å². The molecule has 0 heterocycles. The van der Waals surface area contributed by atoms with Gasteiger partial charge >= 0.3 is 7.12 Å². The Hall–Kier alpha value is -0.545. The number of benzene rings is 1. The zero-order chi connectivity index (χ0) is 9.14. The van der Waals surface area contributed by atoms with E-state index in [2.05, 4.69) is 0 Å². The Kier molecular flexibility index (Phi) is 3.11. The summed E-state index contributed by atoms with van der Waals surface area (Å²) in [6, 6.07) is 4.55. The van der Waals surface area contributed by atoms with E-state index in [0.717, 1.165) is 0 Å². The van der Waals surface area contributed by atoms with Crippen molar-refractivity contribution in [2.45, 2.75) is 6.61 Å². The summed E-state index contributed by atoms with van der Waals surface area (Å²) < 4.78 is 0. The third-order valence-electron chi connectivity index (χ3n) is 1.53. The highest BCUT2D eigenvalue weighted by atomic mass is 35.5. The van der Waals surface area contributed by atoms with Gasteiger partial charge in [0.25, 0.3) is 0 Å². The molecule has 0 aliphatic carbocycles. The molecule has 5 heteroatoms. The highest BCUT2D eigenvalue weighted by Crippen LogP contribution is 2.08. The first-order chi connectivity index (χ1) is 5.65. The van der Waals surface area contributed by atoms with Crippen molar-refractivity contribution in [3.05, 3.63) is 28.8 Å². The second kappa shape index (κ2) is 3.91. The first-order valence-corrected chi connectivity index (χ1v) is 3.78. The van der Waals surface area contributed by atoms with Crippen molar-refractivity contribution >= 4 is 24.2 Å². The minimum atomic E-state index is -1.56. The van der Waals surface area contributed by atoms with Gasteiger partial charge in [-0.3, -0.25) is 0 Å². The quantitative estimate of drug-likeness (QED) is 0.546. The minimum Gasteiger partial charge on any atom is -0.423 e. The van der Waals surface area contributed by atoms with E-state index in [0.29, 0.717) is 5.56 Å². The van der Waals surface area contributed by atoms with E-state index in [9.17, 15) is 0 Å². The molecule has 3 N–H and O–H groups in total. The summed E-state index contributed by atoms with van der Waals surface area (Å²) in [6.45, 7) is -0.110. The van der Waals surface area contributed by atoms with Gasteiger partial charge in [0.15, 0.2) is 0 Å². The van der Waals surface area contributed by atoms with E-state index in [-0.39, 0.29) is 17.1 Å². The summed E-state index contributed by atoms with van der Waals surface area (Å²) in [7, 11) is -1.56. The molecule has 0 fully saturated rings. The van der Waals surface area contributed by atoms with Crippen LogP contribution in [-0.4, -0.2) is 22.3 Å². The molecule has 0 atom stereocenters. The lowest BCUT2D eigenvalue weighted by Gasteiger charge is -2.03. The van der Waals surface area contributed by atoms with E-state index in [1.165, 1.54) is 12.1 Å². The average molecular weight is 186 g/mol. The molecular weight excluding hydrogens is 178 g/mol. The van der Waals surface area contributed by atoms with E-state index in [1.807, 2.05) is 0 Å². The molecule has 0 radical (unpaired) electrons. The smallest absolute Gasteiger partial charge is 0.423 e. The van der Waals surface area contributed by atoms with Crippen molar-refractivity contribution in [3.63, 3.8) is 0 Å². The van der Waals surface area contributed by atoms with E-state index >= 15 is 0 Å². The first kappa shape index (κ1) is 9.54. The maximum atomic E-state index is 8.78. The number of hydrogen-bond acceptors (Lipinski definition) is 3. The molecule has 0 saturated carbocycles. The van der Waals surface area contributed by atoms with E-state index in [1.54, 1.807) is 6.07 Å². The molecule has 1 rings (SSSR count). The lowest BCUT2D eigenvalue weighted by molar-refractivity contribution is 0.282. The molecule has 64 valence electrons. The Bertz CT molecular complexity index is 277. The lowest BCUT2D eigenvalue weighted by atomic mass is 9.80. The molecule has 1 aromatic rings. The SMILES string of the molecule is OCc1ccc(B(O)O)c(Cl)c1. The number of aliphatic hydroxyl groups is 1. The van der Waals surface area contributed by atoms with Crippen molar-refractivity contribution in [1.82, 2.24) is 0 Å². The van der Waals surface area contributed by atoms with Crippen LogP contribution in [0.1, 0.15) is 5.56 Å². The number of rotatable bonds is 2. The van der Waals surface area contributed by atoms with Crippen molar-refractivity contribution in [2.24, 2.45) is 0 Å². The Labute approximate surface area is 75.4 Å². The number of aliphatic hydroxyl groups excluding tert-OH is 1. The van der Waals surface area contributed by atoms with Gasteiger partial charge < -0.3 is 15.2 Å². The minimum absolute atomic E-state index is 0.110. The monoisotopic (exact) mass is 186 g/mol. The molecule has 0 saturated heterocycles. The van der Waals surface area contributed by atoms with Gasteiger partial charge in [0.05, 0.1) is 6.61 Å². The Morgan fingerprint density at radius 1 is 1.33 bits per heavy atom. The highest BCUT2D eigenvalue weighted by molar-refractivity contribution is 6.62. The second-order valence-electron chi connectivity index (χ2n) is 2.39. The van der Waals surface area contributed by atoms with Crippen molar-refractivity contribution in [1.29, 1.82) is 0 Å². The third-order valence-corrected chi connectivity index (χ3v) is 1.85. The van der Waals surface area contributed by atoms with Crippen molar-refractivity contribution < 1.29 is 15.2 Å². The maximum Gasteiger partial charge on any atom is 0.489 e. The largest absolute Gasteiger partial charge is 0.489 e. The summed E-state index contributed by atoms with van der Waals surface area (Å²) in [5.41, 5.74) is 0.887. The van der Waals surface area contributed by atoms with Gasteiger partial charge in [-0.1, -0.05) is 23.7 Å². The fourth-order valence-corrected chi connectivity index (χ4v) is 1.18. The van der Waals surface area contributed by atoms with Crippen LogP contribution in [0.25, 0.3) is 0 Å². The molecule has 12 heavy (non-hydrogen) atoms. The van der Waals surface area contributed by atoms with Gasteiger partial charge in [-0.2, -0.15) is 0 Å². The van der Waals surface area contributed by atoms with Crippen molar-refractivity contribution in [2.75, 3.05) is 0 Å². The van der Waals surface area contributed by atoms with Crippen LogP contribution in [0.2, 0.25) is 5.02 Å². The molecular formula is C7H8BClO3. The highest BCUT2D eigenvalue weighted by Gasteiger charge is 2.14. The molecule has 0 aliphatic rings. The van der Waals surface area contributed by atoms with Crippen LogP contribution in [0.3, 0.4) is 0 Å². The molecule has 0 spiro atoms. The fourth-order valence-electron chi connectivity index (χ4n) is 0.878. The predicted molar refractivity (Wildman–Crippen MR) is 47.2 cm³/mol. The van der Waals surface area contributed by atoms with Crippen LogP contribution in [0.4, 0.5) is 0 Å². The van der Waals surface area contributed by atoms with Gasteiger partial charge in [0.1, 0.15) is 0 Å². The van der Waals surface area contributed by atoms with Crippen molar-refractivity contribution in [3.8, 4) is 0 Å².